The van der Waals surface area contributed by atoms with Crippen molar-refractivity contribution < 1.29 is 14.6 Å². The van der Waals surface area contributed by atoms with Crippen molar-refractivity contribution in [3.63, 3.8) is 0 Å². The average Bonchev–Trinajstić information content (AvgIpc) is 2.71. The van der Waals surface area contributed by atoms with Crippen molar-refractivity contribution in [2.75, 3.05) is 13.2 Å². The fraction of sp³-hybridized carbons (Fsp3) is 0.500. The van der Waals surface area contributed by atoms with Crippen molar-refractivity contribution in [1.29, 1.82) is 0 Å². The van der Waals surface area contributed by atoms with Crippen LogP contribution < -0.4 is 0 Å². The lowest BCUT2D eigenvalue weighted by atomic mass is 10.1. The van der Waals surface area contributed by atoms with E-state index in [1.807, 2.05) is 6.92 Å². The van der Waals surface area contributed by atoms with E-state index in [2.05, 4.69) is 61.6 Å². The van der Waals surface area contributed by atoms with Gasteiger partial charge in [0.2, 0.25) is 0 Å². The molecule has 0 aliphatic rings. The molecular formula is C26H40O3. The molecule has 0 saturated heterocycles. The van der Waals surface area contributed by atoms with Gasteiger partial charge in [-0.05, 0) is 64.7 Å². The Hall–Kier alpha value is -2.13. The van der Waals surface area contributed by atoms with Gasteiger partial charge in [-0.25, -0.2) is 4.79 Å². The number of allylic oxidation sites excluding steroid dienone is 10. The molecule has 0 fully saturated rings. The fourth-order valence-corrected chi connectivity index (χ4v) is 2.55. The van der Waals surface area contributed by atoms with Crippen LogP contribution in [0.4, 0.5) is 0 Å². The average molecular weight is 401 g/mol. The Morgan fingerprint density at radius 2 is 1.41 bits per heavy atom. The molecule has 0 unspecified atom stereocenters. The summed E-state index contributed by atoms with van der Waals surface area (Å²) in [6, 6.07) is 0. The van der Waals surface area contributed by atoms with Crippen molar-refractivity contribution in [3.05, 3.63) is 72.4 Å². The summed E-state index contributed by atoms with van der Waals surface area (Å²) in [7, 11) is 0. The molecule has 0 heterocycles. The number of carbonyl (C=O) groups is 1. The van der Waals surface area contributed by atoms with Crippen LogP contribution in [-0.4, -0.2) is 24.3 Å². The van der Waals surface area contributed by atoms with Gasteiger partial charge in [0.05, 0.1) is 0 Å². The highest BCUT2D eigenvalue weighted by molar-refractivity contribution is 5.79. The molecule has 1 N–H and O–H groups in total. The van der Waals surface area contributed by atoms with Crippen LogP contribution in [0.15, 0.2) is 72.4 Å². The van der Waals surface area contributed by atoms with E-state index in [9.17, 15) is 4.79 Å². The minimum Gasteiger partial charge on any atom is -0.478 e. The monoisotopic (exact) mass is 400 g/mol. The smallest absolute Gasteiger partial charge is 0.327 e. The first kappa shape index (κ1) is 26.9. The topological polar surface area (TPSA) is 46.5 Å². The number of hydrogen-bond acceptors (Lipinski definition) is 2. The van der Waals surface area contributed by atoms with Crippen LogP contribution in [0.3, 0.4) is 0 Å². The van der Waals surface area contributed by atoms with Crippen LogP contribution in [0.5, 0.6) is 0 Å². The van der Waals surface area contributed by atoms with E-state index >= 15 is 0 Å². The summed E-state index contributed by atoms with van der Waals surface area (Å²) in [6.45, 7) is 5.83. The molecule has 0 aromatic heterocycles. The van der Waals surface area contributed by atoms with Gasteiger partial charge in [0.1, 0.15) is 0 Å². The predicted molar refractivity (Wildman–Crippen MR) is 125 cm³/mol. The molecule has 0 aromatic carbocycles. The highest BCUT2D eigenvalue weighted by atomic mass is 16.5. The number of carboxylic acid groups (broad SMARTS) is 1. The molecule has 0 atom stereocenters. The zero-order valence-electron chi connectivity index (χ0n) is 18.4. The van der Waals surface area contributed by atoms with E-state index in [1.54, 1.807) is 6.08 Å². The summed E-state index contributed by atoms with van der Waals surface area (Å²) in [5.74, 6) is -0.871. The van der Waals surface area contributed by atoms with Gasteiger partial charge in [0.15, 0.2) is 0 Å². The SMILES string of the molecule is CCOCCC=CCC=CCC=CCC(=CCC=CCCCC=CC(=O)O)CC. The molecule has 0 spiro atoms. The second-order valence-corrected chi connectivity index (χ2v) is 6.67. The Morgan fingerprint density at radius 1 is 0.793 bits per heavy atom. The molecule has 0 bridgehead atoms. The second-order valence-electron chi connectivity index (χ2n) is 6.67. The molecule has 0 aliphatic carbocycles. The molecular weight excluding hydrogens is 360 g/mol. The Bertz CT molecular complexity index is 563. The minimum atomic E-state index is -0.871. The fourth-order valence-electron chi connectivity index (χ4n) is 2.55. The molecule has 29 heavy (non-hydrogen) atoms. The van der Waals surface area contributed by atoms with E-state index in [0.717, 1.165) is 71.0 Å². The second kappa shape index (κ2) is 22.2. The Morgan fingerprint density at radius 3 is 2.10 bits per heavy atom. The van der Waals surface area contributed by atoms with E-state index in [-0.39, 0.29) is 0 Å². The lowest BCUT2D eigenvalue weighted by Crippen LogP contribution is -1.90. The van der Waals surface area contributed by atoms with Crippen LogP contribution in [0, 0.1) is 0 Å². The molecule has 0 radical (unpaired) electrons. The van der Waals surface area contributed by atoms with Crippen LogP contribution in [-0.2, 0) is 9.53 Å². The molecule has 0 saturated carbocycles. The van der Waals surface area contributed by atoms with E-state index in [4.69, 9.17) is 9.84 Å². The molecule has 0 aliphatic heterocycles. The molecule has 0 aromatic rings. The molecule has 0 rings (SSSR count). The predicted octanol–water partition coefficient (Wildman–Crippen LogP) is 7.35. The van der Waals surface area contributed by atoms with Crippen LogP contribution in [0.2, 0.25) is 0 Å². The van der Waals surface area contributed by atoms with E-state index in [1.165, 1.54) is 11.6 Å². The number of rotatable bonds is 18. The maximum atomic E-state index is 10.3. The minimum absolute atomic E-state index is 0.793. The standard InChI is InChI=1S/C26H40O3/c1-3-25(22-18-14-10-8-11-15-19-23-26(27)28)21-17-13-9-6-5-7-12-16-20-24-29-4-2/h5-6,10,12-14,16-17,19,22-23H,3-4,7-9,11,15,18,20-21,24H2,1-2H3,(H,27,28). The van der Waals surface area contributed by atoms with Gasteiger partial charge < -0.3 is 9.84 Å². The zero-order chi connectivity index (χ0) is 21.4. The molecule has 3 heteroatoms. The van der Waals surface area contributed by atoms with Crippen LogP contribution in [0.1, 0.15) is 71.6 Å². The highest BCUT2D eigenvalue weighted by Crippen LogP contribution is 2.10. The number of carboxylic acids is 1. The normalized spacial score (nSPS) is 13.2. The lowest BCUT2D eigenvalue weighted by molar-refractivity contribution is -0.131. The van der Waals surface area contributed by atoms with Crippen molar-refractivity contribution >= 4 is 5.97 Å². The molecule has 162 valence electrons. The molecule has 3 nitrogen and oxygen atoms in total. The number of unbranched alkanes of at least 4 members (excludes halogenated alkanes) is 2. The zero-order valence-corrected chi connectivity index (χ0v) is 18.4. The van der Waals surface area contributed by atoms with Gasteiger partial charge in [0, 0.05) is 19.3 Å². The van der Waals surface area contributed by atoms with Crippen molar-refractivity contribution in [3.8, 4) is 0 Å². The molecule has 0 amide bonds. The summed E-state index contributed by atoms with van der Waals surface area (Å²) in [5.41, 5.74) is 1.47. The third-order valence-electron chi connectivity index (χ3n) is 4.22. The Kier molecular flexibility index (Phi) is 20.5. The van der Waals surface area contributed by atoms with E-state index in [0.29, 0.717) is 0 Å². The maximum Gasteiger partial charge on any atom is 0.327 e. The highest BCUT2D eigenvalue weighted by Gasteiger charge is 1.90. The van der Waals surface area contributed by atoms with Crippen LogP contribution in [0.25, 0.3) is 0 Å². The Labute approximate surface area is 178 Å². The lowest BCUT2D eigenvalue weighted by Gasteiger charge is -1.99. The van der Waals surface area contributed by atoms with Gasteiger partial charge in [-0.3, -0.25) is 0 Å². The third kappa shape index (κ3) is 22.0. The van der Waals surface area contributed by atoms with E-state index < -0.39 is 5.97 Å². The summed E-state index contributed by atoms with van der Waals surface area (Å²) < 4.78 is 5.29. The first-order chi connectivity index (χ1) is 14.2. The van der Waals surface area contributed by atoms with Gasteiger partial charge in [-0.2, -0.15) is 0 Å². The summed E-state index contributed by atoms with van der Waals surface area (Å²) in [5, 5.41) is 8.51. The third-order valence-corrected chi connectivity index (χ3v) is 4.22. The van der Waals surface area contributed by atoms with Crippen molar-refractivity contribution in [2.24, 2.45) is 0 Å². The van der Waals surface area contributed by atoms with Crippen LogP contribution >= 0.6 is 0 Å². The first-order valence-corrected chi connectivity index (χ1v) is 11.0. The van der Waals surface area contributed by atoms with Gasteiger partial charge in [0.25, 0.3) is 0 Å². The number of ether oxygens (including phenoxy) is 1. The number of hydrogen-bond donors (Lipinski definition) is 1. The van der Waals surface area contributed by atoms with Gasteiger partial charge in [-0.1, -0.05) is 73.3 Å². The summed E-state index contributed by atoms with van der Waals surface area (Å²) in [4.78, 5) is 10.3. The van der Waals surface area contributed by atoms with Crippen molar-refractivity contribution in [2.45, 2.75) is 71.6 Å². The largest absolute Gasteiger partial charge is 0.478 e. The summed E-state index contributed by atoms with van der Waals surface area (Å²) in [6.07, 6.45) is 31.8. The van der Waals surface area contributed by atoms with Gasteiger partial charge >= 0.3 is 5.97 Å². The quantitative estimate of drug-likeness (QED) is 0.149. The first-order valence-electron chi connectivity index (χ1n) is 11.0. The summed E-state index contributed by atoms with van der Waals surface area (Å²) >= 11 is 0. The number of aliphatic carboxylic acids is 1. The van der Waals surface area contributed by atoms with Crippen molar-refractivity contribution in [1.82, 2.24) is 0 Å². The van der Waals surface area contributed by atoms with Gasteiger partial charge in [-0.15, -0.1) is 0 Å². The maximum absolute atomic E-state index is 10.3. The Balaban J connectivity index is 3.83.